The van der Waals surface area contributed by atoms with Crippen LogP contribution in [0.4, 0.5) is 5.69 Å². The Balaban J connectivity index is 1.84. The summed E-state index contributed by atoms with van der Waals surface area (Å²) in [5.41, 5.74) is 3.63. The zero-order valence-electron chi connectivity index (χ0n) is 15.5. The van der Waals surface area contributed by atoms with Crippen molar-refractivity contribution in [2.24, 2.45) is 0 Å². The van der Waals surface area contributed by atoms with Crippen LogP contribution >= 0.6 is 24.0 Å². The van der Waals surface area contributed by atoms with Crippen molar-refractivity contribution in [1.29, 1.82) is 0 Å². The Morgan fingerprint density at radius 3 is 2.44 bits per heavy atom. The van der Waals surface area contributed by atoms with Gasteiger partial charge in [-0.2, -0.15) is 0 Å². The molecule has 3 N–H and O–H groups in total. The first-order valence-corrected chi connectivity index (χ1v) is 9.85. The van der Waals surface area contributed by atoms with E-state index in [2.05, 4.69) is 81.0 Å². The summed E-state index contributed by atoms with van der Waals surface area (Å²) in [6, 6.07) is 15.0. The van der Waals surface area contributed by atoms with E-state index in [9.17, 15) is 0 Å². The SMILES string of the molecule is Cc1ccc(Sc2ccc(NC(=S)NCCC[NH+](C)C)cc2)c(C)c1. The van der Waals surface area contributed by atoms with Crippen molar-refractivity contribution in [3.05, 3.63) is 53.6 Å². The van der Waals surface area contributed by atoms with E-state index in [0.29, 0.717) is 5.11 Å². The highest BCUT2D eigenvalue weighted by molar-refractivity contribution is 7.99. The molecule has 0 atom stereocenters. The molecule has 0 unspecified atom stereocenters. The van der Waals surface area contributed by atoms with Crippen molar-refractivity contribution in [2.45, 2.75) is 30.1 Å². The van der Waals surface area contributed by atoms with Crippen LogP contribution in [0.25, 0.3) is 0 Å². The fraction of sp³-hybridized carbons (Fsp3) is 0.350. The molecular weight excluding hydrogens is 346 g/mol. The summed E-state index contributed by atoms with van der Waals surface area (Å²) in [5.74, 6) is 0. The molecule has 2 rings (SSSR count). The predicted octanol–water partition coefficient (Wildman–Crippen LogP) is 3.28. The molecule has 0 aliphatic rings. The average molecular weight is 375 g/mol. The number of benzene rings is 2. The van der Waals surface area contributed by atoms with Crippen LogP contribution in [0.1, 0.15) is 17.5 Å². The van der Waals surface area contributed by atoms with E-state index in [-0.39, 0.29) is 0 Å². The smallest absolute Gasteiger partial charge is 0.170 e. The van der Waals surface area contributed by atoms with Crippen LogP contribution in [0.2, 0.25) is 0 Å². The van der Waals surface area contributed by atoms with E-state index in [1.165, 1.54) is 25.8 Å². The number of quaternary nitrogens is 1. The average Bonchev–Trinajstić information content (AvgIpc) is 2.56. The molecule has 0 fully saturated rings. The lowest BCUT2D eigenvalue weighted by molar-refractivity contribution is -0.858. The molecule has 0 spiro atoms. The molecule has 3 nitrogen and oxygen atoms in total. The van der Waals surface area contributed by atoms with Crippen molar-refractivity contribution in [3.63, 3.8) is 0 Å². The van der Waals surface area contributed by atoms with Gasteiger partial charge in [-0.05, 0) is 62.0 Å². The Kier molecular flexibility index (Phi) is 7.75. The van der Waals surface area contributed by atoms with E-state index in [0.717, 1.165) is 25.2 Å². The summed E-state index contributed by atoms with van der Waals surface area (Å²) in [5, 5.41) is 7.18. The van der Waals surface area contributed by atoms with Gasteiger partial charge in [-0.1, -0.05) is 29.5 Å². The van der Waals surface area contributed by atoms with E-state index < -0.39 is 0 Å². The highest BCUT2D eigenvalue weighted by Crippen LogP contribution is 2.31. The van der Waals surface area contributed by atoms with E-state index in [1.54, 1.807) is 11.8 Å². The molecule has 0 aliphatic heterocycles. The van der Waals surface area contributed by atoms with Gasteiger partial charge in [-0.15, -0.1) is 0 Å². The molecule has 25 heavy (non-hydrogen) atoms. The third-order valence-electron chi connectivity index (χ3n) is 3.81. The standard InChI is InChI=1S/C20H27N3S2/c1-15-6-11-19(16(2)14-15)25-18-9-7-17(8-10-18)22-20(24)21-12-5-13-23(3)4/h6-11,14H,5,12-13H2,1-4H3,(H2,21,22,24)/p+1. The second kappa shape index (κ2) is 9.80. The van der Waals surface area contributed by atoms with Gasteiger partial charge in [-0.3, -0.25) is 0 Å². The second-order valence-corrected chi connectivity index (χ2v) is 8.11. The third kappa shape index (κ3) is 7.06. The molecule has 0 heterocycles. The Labute approximate surface area is 161 Å². The molecule has 0 aliphatic carbocycles. The van der Waals surface area contributed by atoms with Gasteiger partial charge in [0.1, 0.15) is 0 Å². The van der Waals surface area contributed by atoms with Gasteiger partial charge in [-0.25, -0.2) is 0 Å². The molecule has 0 radical (unpaired) electrons. The van der Waals surface area contributed by atoms with E-state index in [1.807, 2.05) is 0 Å². The molecule has 134 valence electrons. The fourth-order valence-electron chi connectivity index (χ4n) is 2.47. The van der Waals surface area contributed by atoms with Gasteiger partial charge in [0.15, 0.2) is 5.11 Å². The lowest BCUT2D eigenvalue weighted by Gasteiger charge is -2.12. The van der Waals surface area contributed by atoms with Gasteiger partial charge < -0.3 is 15.5 Å². The lowest BCUT2D eigenvalue weighted by Crippen LogP contribution is -3.05. The summed E-state index contributed by atoms with van der Waals surface area (Å²) in [6.07, 6.45) is 1.11. The Morgan fingerprint density at radius 1 is 1.08 bits per heavy atom. The summed E-state index contributed by atoms with van der Waals surface area (Å²) in [4.78, 5) is 3.98. The van der Waals surface area contributed by atoms with Crippen molar-refractivity contribution < 1.29 is 4.90 Å². The molecule has 0 saturated heterocycles. The van der Waals surface area contributed by atoms with Crippen molar-refractivity contribution in [1.82, 2.24) is 5.32 Å². The minimum absolute atomic E-state index is 0.684. The zero-order chi connectivity index (χ0) is 18.2. The number of rotatable bonds is 7. The summed E-state index contributed by atoms with van der Waals surface area (Å²) < 4.78 is 0. The lowest BCUT2D eigenvalue weighted by atomic mass is 10.2. The molecule has 0 aromatic heterocycles. The minimum atomic E-state index is 0.684. The first kappa shape index (κ1) is 19.8. The molecule has 2 aromatic carbocycles. The molecule has 0 amide bonds. The first-order valence-electron chi connectivity index (χ1n) is 8.63. The third-order valence-corrected chi connectivity index (χ3v) is 5.24. The molecule has 5 heteroatoms. The largest absolute Gasteiger partial charge is 0.362 e. The van der Waals surface area contributed by atoms with E-state index >= 15 is 0 Å². The summed E-state index contributed by atoms with van der Waals surface area (Å²) in [7, 11) is 4.32. The number of nitrogens with one attached hydrogen (secondary N) is 3. The van der Waals surface area contributed by atoms with Gasteiger partial charge in [0.05, 0.1) is 20.6 Å². The predicted molar refractivity (Wildman–Crippen MR) is 113 cm³/mol. The quantitative estimate of drug-likeness (QED) is 0.512. The van der Waals surface area contributed by atoms with Crippen molar-refractivity contribution in [3.8, 4) is 0 Å². The number of hydrogen-bond donors (Lipinski definition) is 3. The minimum Gasteiger partial charge on any atom is -0.362 e. The molecule has 2 aromatic rings. The van der Waals surface area contributed by atoms with Gasteiger partial charge in [0.2, 0.25) is 0 Å². The van der Waals surface area contributed by atoms with Crippen LogP contribution in [0.3, 0.4) is 0 Å². The zero-order valence-corrected chi connectivity index (χ0v) is 17.1. The van der Waals surface area contributed by atoms with Crippen LogP contribution in [0.15, 0.2) is 52.3 Å². The summed E-state index contributed by atoms with van der Waals surface area (Å²) in [6.45, 7) is 6.32. The highest BCUT2D eigenvalue weighted by atomic mass is 32.2. The maximum Gasteiger partial charge on any atom is 0.170 e. The first-order chi connectivity index (χ1) is 11.9. The maximum absolute atomic E-state index is 5.35. The monoisotopic (exact) mass is 374 g/mol. The number of anilines is 1. The van der Waals surface area contributed by atoms with Gasteiger partial charge in [0, 0.05) is 28.4 Å². The number of hydrogen-bond acceptors (Lipinski definition) is 2. The topological polar surface area (TPSA) is 28.5 Å². The van der Waals surface area contributed by atoms with Crippen LogP contribution in [-0.4, -0.2) is 32.3 Å². The maximum atomic E-state index is 5.35. The van der Waals surface area contributed by atoms with E-state index in [4.69, 9.17) is 12.2 Å². The van der Waals surface area contributed by atoms with Crippen LogP contribution < -0.4 is 15.5 Å². The van der Waals surface area contributed by atoms with Crippen LogP contribution in [0, 0.1) is 13.8 Å². The molecular formula is C20H28N3S2+. The normalized spacial score (nSPS) is 10.8. The highest BCUT2D eigenvalue weighted by Gasteiger charge is 2.03. The summed E-state index contributed by atoms with van der Waals surface area (Å²) >= 11 is 7.14. The second-order valence-electron chi connectivity index (χ2n) is 6.59. The Hall–Kier alpha value is -1.56. The fourth-order valence-corrected chi connectivity index (χ4v) is 3.57. The molecule has 0 saturated carbocycles. The Bertz CT molecular complexity index is 697. The Morgan fingerprint density at radius 2 is 1.80 bits per heavy atom. The number of aryl methyl sites for hydroxylation is 2. The van der Waals surface area contributed by atoms with Gasteiger partial charge in [0.25, 0.3) is 0 Å². The number of thiocarbonyl (C=S) groups is 1. The molecule has 0 bridgehead atoms. The van der Waals surface area contributed by atoms with Crippen molar-refractivity contribution in [2.75, 3.05) is 32.5 Å². The van der Waals surface area contributed by atoms with Crippen molar-refractivity contribution >= 4 is 34.8 Å². The van der Waals surface area contributed by atoms with Crippen LogP contribution in [0.5, 0.6) is 0 Å². The van der Waals surface area contributed by atoms with Gasteiger partial charge >= 0.3 is 0 Å². The van der Waals surface area contributed by atoms with Crippen LogP contribution in [-0.2, 0) is 0 Å².